The zero-order valence-electron chi connectivity index (χ0n) is 12.8. The number of aromatic nitrogens is 1. The first-order valence-electron chi connectivity index (χ1n) is 8.06. The predicted molar refractivity (Wildman–Crippen MR) is 87.4 cm³/mol. The molecule has 0 amide bonds. The van der Waals surface area contributed by atoms with E-state index in [4.69, 9.17) is 0 Å². The highest BCUT2D eigenvalue weighted by Gasteiger charge is 2.28. The minimum atomic E-state index is 0.543. The van der Waals surface area contributed by atoms with E-state index in [0.29, 0.717) is 12.0 Å². The quantitative estimate of drug-likeness (QED) is 0.877. The van der Waals surface area contributed by atoms with E-state index in [9.17, 15) is 0 Å². The standard InChI is InChI=1S/C19H24N2/c1-2-9-21-19(11-15-6-5-10-20-14-15)18-12-16-7-3-4-8-17(16)13-18/h3-8,10,14,18-19,21H,2,9,11-13H2,1H3. The lowest BCUT2D eigenvalue weighted by atomic mass is 9.91. The molecule has 2 nitrogen and oxygen atoms in total. The van der Waals surface area contributed by atoms with E-state index < -0.39 is 0 Å². The van der Waals surface area contributed by atoms with Gasteiger partial charge in [0.15, 0.2) is 0 Å². The van der Waals surface area contributed by atoms with Crippen molar-refractivity contribution in [2.45, 2.75) is 38.6 Å². The van der Waals surface area contributed by atoms with E-state index in [2.05, 4.69) is 47.6 Å². The number of rotatable bonds is 6. The second-order valence-electron chi connectivity index (χ2n) is 6.06. The highest BCUT2D eigenvalue weighted by molar-refractivity contribution is 5.33. The molecule has 0 radical (unpaired) electrons. The summed E-state index contributed by atoms with van der Waals surface area (Å²) in [7, 11) is 0. The van der Waals surface area contributed by atoms with E-state index in [0.717, 1.165) is 13.0 Å². The van der Waals surface area contributed by atoms with Crippen molar-refractivity contribution in [3.8, 4) is 0 Å². The maximum Gasteiger partial charge on any atom is 0.0300 e. The first kappa shape index (κ1) is 14.3. The molecule has 1 unspecified atom stereocenters. The number of fused-ring (bicyclic) bond motifs is 1. The number of hydrogen-bond acceptors (Lipinski definition) is 2. The van der Waals surface area contributed by atoms with Crippen LogP contribution in [-0.2, 0) is 19.3 Å². The Labute approximate surface area is 127 Å². The van der Waals surface area contributed by atoms with Crippen LogP contribution in [0, 0.1) is 5.92 Å². The molecular formula is C19H24N2. The lowest BCUT2D eigenvalue weighted by Gasteiger charge is -2.25. The Balaban J connectivity index is 1.71. The fourth-order valence-electron chi connectivity index (χ4n) is 3.39. The SMILES string of the molecule is CCCNC(Cc1cccnc1)C1Cc2ccccc2C1. The van der Waals surface area contributed by atoms with Gasteiger partial charge in [0.05, 0.1) is 0 Å². The molecule has 110 valence electrons. The molecule has 3 rings (SSSR count). The molecule has 0 saturated heterocycles. The van der Waals surface area contributed by atoms with Crippen LogP contribution in [0.2, 0.25) is 0 Å². The Hall–Kier alpha value is -1.67. The summed E-state index contributed by atoms with van der Waals surface area (Å²) in [5.41, 5.74) is 4.41. The van der Waals surface area contributed by atoms with E-state index >= 15 is 0 Å². The van der Waals surface area contributed by atoms with Crippen LogP contribution in [0.25, 0.3) is 0 Å². The maximum absolute atomic E-state index is 4.26. The van der Waals surface area contributed by atoms with Gasteiger partial charge in [-0.15, -0.1) is 0 Å². The minimum absolute atomic E-state index is 0.543. The molecule has 21 heavy (non-hydrogen) atoms. The summed E-state index contributed by atoms with van der Waals surface area (Å²) in [6.45, 7) is 3.33. The van der Waals surface area contributed by atoms with Crippen molar-refractivity contribution < 1.29 is 0 Å². The summed E-state index contributed by atoms with van der Waals surface area (Å²) in [4.78, 5) is 4.26. The average molecular weight is 280 g/mol. The third-order valence-electron chi connectivity index (χ3n) is 4.49. The molecule has 0 saturated carbocycles. The van der Waals surface area contributed by atoms with Crippen LogP contribution < -0.4 is 5.32 Å². The van der Waals surface area contributed by atoms with Gasteiger partial charge in [-0.25, -0.2) is 0 Å². The molecule has 0 aliphatic heterocycles. The molecular weight excluding hydrogens is 256 g/mol. The Bertz CT molecular complexity index is 540. The highest BCUT2D eigenvalue weighted by atomic mass is 14.9. The third-order valence-corrected chi connectivity index (χ3v) is 4.49. The molecule has 1 aliphatic carbocycles. The zero-order chi connectivity index (χ0) is 14.5. The van der Waals surface area contributed by atoms with E-state index in [1.807, 2.05) is 18.5 Å². The van der Waals surface area contributed by atoms with Crippen molar-refractivity contribution >= 4 is 0 Å². The van der Waals surface area contributed by atoms with Crippen molar-refractivity contribution in [1.29, 1.82) is 0 Å². The van der Waals surface area contributed by atoms with Gasteiger partial charge in [0, 0.05) is 18.4 Å². The van der Waals surface area contributed by atoms with Gasteiger partial charge < -0.3 is 5.32 Å². The van der Waals surface area contributed by atoms with Crippen LogP contribution >= 0.6 is 0 Å². The fraction of sp³-hybridized carbons (Fsp3) is 0.421. The molecule has 0 spiro atoms. The van der Waals surface area contributed by atoms with Gasteiger partial charge in [-0.05, 0) is 60.9 Å². The molecule has 1 heterocycles. The average Bonchev–Trinajstić information content (AvgIpc) is 2.96. The molecule has 1 atom stereocenters. The van der Waals surface area contributed by atoms with Crippen LogP contribution in [-0.4, -0.2) is 17.6 Å². The Morgan fingerprint density at radius 2 is 1.90 bits per heavy atom. The van der Waals surface area contributed by atoms with Gasteiger partial charge in [0.1, 0.15) is 0 Å². The fourth-order valence-corrected chi connectivity index (χ4v) is 3.39. The second-order valence-corrected chi connectivity index (χ2v) is 6.06. The van der Waals surface area contributed by atoms with Crippen molar-refractivity contribution in [2.24, 2.45) is 5.92 Å². The van der Waals surface area contributed by atoms with Gasteiger partial charge in [-0.3, -0.25) is 4.98 Å². The summed E-state index contributed by atoms with van der Waals surface area (Å²) in [6.07, 6.45) is 8.53. The number of hydrogen-bond donors (Lipinski definition) is 1. The Morgan fingerprint density at radius 3 is 2.52 bits per heavy atom. The van der Waals surface area contributed by atoms with Gasteiger partial charge in [-0.2, -0.15) is 0 Å². The summed E-state index contributed by atoms with van der Waals surface area (Å²) in [5.74, 6) is 0.703. The normalized spacial score (nSPS) is 15.9. The first-order chi connectivity index (χ1) is 10.4. The van der Waals surface area contributed by atoms with Crippen LogP contribution in [0.5, 0.6) is 0 Å². The van der Waals surface area contributed by atoms with Crippen LogP contribution in [0.3, 0.4) is 0 Å². The first-order valence-corrected chi connectivity index (χ1v) is 8.06. The van der Waals surface area contributed by atoms with Crippen LogP contribution in [0.4, 0.5) is 0 Å². The monoisotopic (exact) mass is 280 g/mol. The van der Waals surface area contributed by atoms with Crippen molar-refractivity contribution in [1.82, 2.24) is 10.3 Å². The topological polar surface area (TPSA) is 24.9 Å². The van der Waals surface area contributed by atoms with Gasteiger partial charge in [-0.1, -0.05) is 37.3 Å². The number of benzene rings is 1. The number of pyridine rings is 1. The van der Waals surface area contributed by atoms with Gasteiger partial charge >= 0.3 is 0 Å². The molecule has 2 aromatic rings. The summed E-state index contributed by atoms with van der Waals surface area (Å²) in [5, 5.41) is 3.77. The summed E-state index contributed by atoms with van der Waals surface area (Å²) < 4.78 is 0. The molecule has 0 bridgehead atoms. The largest absolute Gasteiger partial charge is 0.313 e. The number of nitrogens with one attached hydrogen (secondary N) is 1. The zero-order valence-corrected chi connectivity index (χ0v) is 12.8. The summed E-state index contributed by atoms with van der Waals surface area (Å²) >= 11 is 0. The third kappa shape index (κ3) is 3.51. The van der Waals surface area contributed by atoms with Crippen molar-refractivity contribution in [2.75, 3.05) is 6.54 Å². The molecule has 1 N–H and O–H groups in total. The Kier molecular flexibility index (Phi) is 4.66. The van der Waals surface area contributed by atoms with Crippen molar-refractivity contribution in [3.63, 3.8) is 0 Å². The Morgan fingerprint density at radius 1 is 1.14 bits per heavy atom. The van der Waals surface area contributed by atoms with E-state index in [1.54, 1.807) is 0 Å². The summed E-state index contributed by atoms with van der Waals surface area (Å²) in [6, 6.07) is 13.7. The molecule has 1 aromatic heterocycles. The van der Waals surface area contributed by atoms with Crippen molar-refractivity contribution in [3.05, 3.63) is 65.5 Å². The molecule has 2 heteroatoms. The van der Waals surface area contributed by atoms with Crippen LogP contribution in [0.15, 0.2) is 48.8 Å². The predicted octanol–water partition coefficient (Wildman–Crippen LogP) is 3.41. The van der Waals surface area contributed by atoms with E-state index in [1.165, 1.54) is 36.0 Å². The number of nitrogens with zero attached hydrogens (tertiary/aromatic N) is 1. The lowest BCUT2D eigenvalue weighted by molar-refractivity contribution is 0.361. The van der Waals surface area contributed by atoms with Gasteiger partial charge in [0.2, 0.25) is 0 Å². The highest BCUT2D eigenvalue weighted by Crippen LogP contribution is 2.29. The smallest absolute Gasteiger partial charge is 0.0300 e. The van der Waals surface area contributed by atoms with Crippen LogP contribution in [0.1, 0.15) is 30.0 Å². The molecule has 0 fully saturated rings. The molecule has 1 aliphatic rings. The van der Waals surface area contributed by atoms with E-state index in [-0.39, 0.29) is 0 Å². The van der Waals surface area contributed by atoms with Gasteiger partial charge in [0.25, 0.3) is 0 Å². The molecule has 1 aromatic carbocycles. The lowest BCUT2D eigenvalue weighted by Crippen LogP contribution is -2.39. The minimum Gasteiger partial charge on any atom is -0.313 e. The second kappa shape index (κ2) is 6.86. The maximum atomic E-state index is 4.26.